The smallest absolute Gasteiger partial charge is 0.249 e. The van der Waals surface area contributed by atoms with Crippen LogP contribution in [0.15, 0.2) is 33.7 Å². The van der Waals surface area contributed by atoms with Crippen LogP contribution in [0, 0.1) is 5.92 Å². The van der Waals surface area contributed by atoms with Crippen molar-refractivity contribution in [3.63, 3.8) is 0 Å². The molecule has 0 aliphatic heterocycles. The number of benzene rings is 1. The number of amides is 1. The third-order valence-corrected chi connectivity index (χ3v) is 5.85. The molecule has 0 radical (unpaired) electrons. The van der Waals surface area contributed by atoms with Gasteiger partial charge in [-0.3, -0.25) is 4.79 Å². The molecule has 1 aliphatic rings. The highest BCUT2D eigenvalue weighted by Crippen LogP contribution is 2.38. The summed E-state index contributed by atoms with van der Waals surface area (Å²) in [6.45, 7) is 4.34. The molecule has 1 aromatic heterocycles. The standard InChI is InChI=1S/C20H27N3O5S/c1-13(2)18(20-22-19(23-28-20)14-6-7-14)21-17(24)5-4-12-27-15-8-10-16(11-9-15)29(3,25)26/h8-11,13-14,18H,4-7,12H2,1-3H3,(H,21,24). The van der Waals surface area contributed by atoms with Crippen molar-refractivity contribution in [2.45, 2.75) is 56.4 Å². The Labute approximate surface area is 170 Å². The summed E-state index contributed by atoms with van der Waals surface area (Å²) in [7, 11) is -3.22. The van der Waals surface area contributed by atoms with Crippen molar-refractivity contribution in [1.82, 2.24) is 15.5 Å². The normalized spacial score (nSPS) is 15.3. The number of nitrogens with zero attached hydrogens (tertiary/aromatic N) is 2. The Bertz CT molecular complexity index is 933. The molecule has 1 fully saturated rings. The largest absolute Gasteiger partial charge is 0.494 e. The fraction of sp³-hybridized carbons (Fsp3) is 0.550. The molecule has 8 nitrogen and oxygen atoms in total. The highest BCUT2D eigenvalue weighted by molar-refractivity contribution is 7.90. The zero-order valence-electron chi connectivity index (χ0n) is 16.9. The summed E-state index contributed by atoms with van der Waals surface area (Å²) in [5.74, 6) is 2.17. The molecule has 0 saturated heterocycles. The second-order valence-corrected chi connectivity index (χ2v) is 9.77. The molecule has 1 N–H and O–H groups in total. The van der Waals surface area contributed by atoms with Crippen molar-refractivity contribution in [2.24, 2.45) is 5.92 Å². The third kappa shape index (κ3) is 6.03. The van der Waals surface area contributed by atoms with Gasteiger partial charge in [-0.15, -0.1) is 0 Å². The van der Waals surface area contributed by atoms with Crippen LogP contribution in [-0.2, 0) is 14.6 Å². The molecule has 1 amide bonds. The minimum atomic E-state index is -3.22. The Hall–Kier alpha value is -2.42. The second kappa shape index (κ2) is 8.94. The maximum absolute atomic E-state index is 12.3. The van der Waals surface area contributed by atoms with Gasteiger partial charge >= 0.3 is 0 Å². The van der Waals surface area contributed by atoms with Crippen molar-refractivity contribution >= 4 is 15.7 Å². The number of nitrogens with one attached hydrogen (secondary N) is 1. The monoisotopic (exact) mass is 421 g/mol. The zero-order chi connectivity index (χ0) is 21.0. The van der Waals surface area contributed by atoms with E-state index < -0.39 is 9.84 Å². The second-order valence-electron chi connectivity index (χ2n) is 7.75. The molecule has 2 aromatic rings. The first-order valence-corrected chi connectivity index (χ1v) is 11.7. The third-order valence-electron chi connectivity index (χ3n) is 4.72. The van der Waals surface area contributed by atoms with Crippen LogP contribution in [0.2, 0.25) is 0 Å². The van der Waals surface area contributed by atoms with Gasteiger partial charge in [0.05, 0.1) is 11.5 Å². The van der Waals surface area contributed by atoms with Crippen molar-refractivity contribution in [3.05, 3.63) is 36.0 Å². The number of rotatable bonds is 10. The molecule has 158 valence electrons. The number of hydrogen-bond donors (Lipinski definition) is 1. The van der Waals surface area contributed by atoms with Gasteiger partial charge in [0.1, 0.15) is 11.8 Å². The number of ether oxygens (including phenoxy) is 1. The van der Waals surface area contributed by atoms with Crippen LogP contribution in [0.25, 0.3) is 0 Å². The molecule has 29 heavy (non-hydrogen) atoms. The van der Waals surface area contributed by atoms with E-state index in [1.54, 1.807) is 12.1 Å². The molecule has 1 unspecified atom stereocenters. The van der Waals surface area contributed by atoms with Gasteiger partial charge in [-0.25, -0.2) is 8.42 Å². The maximum Gasteiger partial charge on any atom is 0.249 e. The van der Waals surface area contributed by atoms with Crippen LogP contribution in [0.4, 0.5) is 0 Å². The van der Waals surface area contributed by atoms with E-state index in [-0.39, 0.29) is 22.8 Å². The fourth-order valence-corrected chi connectivity index (χ4v) is 3.48. The summed E-state index contributed by atoms with van der Waals surface area (Å²) in [5.41, 5.74) is 0. The van der Waals surface area contributed by atoms with Gasteiger partial charge < -0.3 is 14.6 Å². The van der Waals surface area contributed by atoms with Crippen molar-refractivity contribution in [2.75, 3.05) is 12.9 Å². The molecule has 0 spiro atoms. The number of aromatic nitrogens is 2. The lowest BCUT2D eigenvalue weighted by Crippen LogP contribution is -2.32. The van der Waals surface area contributed by atoms with E-state index in [1.807, 2.05) is 13.8 Å². The molecule has 1 saturated carbocycles. The van der Waals surface area contributed by atoms with Crippen LogP contribution < -0.4 is 10.1 Å². The summed E-state index contributed by atoms with van der Waals surface area (Å²) in [4.78, 5) is 17.0. The van der Waals surface area contributed by atoms with Crippen molar-refractivity contribution in [1.29, 1.82) is 0 Å². The van der Waals surface area contributed by atoms with Crippen molar-refractivity contribution in [3.8, 4) is 5.75 Å². The lowest BCUT2D eigenvalue weighted by atomic mass is 10.0. The highest BCUT2D eigenvalue weighted by atomic mass is 32.2. The lowest BCUT2D eigenvalue weighted by molar-refractivity contribution is -0.122. The Balaban J connectivity index is 1.44. The molecular formula is C20H27N3O5S. The van der Waals surface area contributed by atoms with Crippen LogP contribution in [-0.4, -0.2) is 37.3 Å². The Kier molecular flexibility index (Phi) is 6.56. The molecular weight excluding hydrogens is 394 g/mol. The average molecular weight is 422 g/mol. The molecule has 1 heterocycles. The zero-order valence-corrected chi connectivity index (χ0v) is 17.7. The van der Waals surface area contributed by atoms with Gasteiger partial charge in [-0.2, -0.15) is 4.98 Å². The first-order valence-electron chi connectivity index (χ1n) is 9.80. The van der Waals surface area contributed by atoms with Crippen LogP contribution in [0.1, 0.15) is 63.2 Å². The van der Waals surface area contributed by atoms with Crippen LogP contribution >= 0.6 is 0 Å². The van der Waals surface area contributed by atoms with Gasteiger partial charge in [0.2, 0.25) is 11.8 Å². The summed E-state index contributed by atoms with van der Waals surface area (Å²) >= 11 is 0. The highest BCUT2D eigenvalue weighted by Gasteiger charge is 2.31. The van der Waals surface area contributed by atoms with E-state index >= 15 is 0 Å². The molecule has 1 aromatic carbocycles. The minimum Gasteiger partial charge on any atom is -0.494 e. The predicted octanol–water partition coefficient (Wildman–Crippen LogP) is 3.02. The Morgan fingerprint density at radius 3 is 2.55 bits per heavy atom. The first-order chi connectivity index (χ1) is 13.7. The summed E-state index contributed by atoms with van der Waals surface area (Å²) in [6, 6.07) is 5.92. The minimum absolute atomic E-state index is 0.106. The van der Waals surface area contributed by atoms with E-state index in [2.05, 4.69) is 15.5 Å². The Morgan fingerprint density at radius 2 is 1.97 bits per heavy atom. The molecule has 1 atom stereocenters. The summed E-state index contributed by atoms with van der Waals surface area (Å²) < 4.78 is 33.9. The summed E-state index contributed by atoms with van der Waals surface area (Å²) in [5, 5.41) is 6.99. The Morgan fingerprint density at radius 1 is 1.28 bits per heavy atom. The molecule has 3 rings (SSSR count). The fourth-order valence-electron chi connectivity index (χ4n) is 2.85. The number of hydrogen-bond acceptors (Lipinski definition) is 7. The number of carbonyl (C=O) groups is 1. The van der Waals surface area contributed by atoms with E-state index in [0.29, 0.717) is 37.0 Å². The van der Waals surface area contributed by atoms with Gasteiger partial charge in [-0.05, 0) is 49.4 Å². The topological polar surface area (TPSA) is 111 Å². The number of carbonyl (C=O) groups excluding carboxylic acids is 1. The van der Waals surface area contributed by atoms with Crippen LogP contribution in [0.5, 0.6) is 5.75 Å². The summed E-state index contributed by atoms with van der Waals surface area (Å²) in [6.07, 6.45) is 4.17. The van der Waals surface area contributed by atoms with Crippen molar-refractivity contribution < 1.29 is 22.5 Å². The van der Waals surface area contributed by atoms with Gasteiger partial charge in [0, 0.05) is 18.6 Å². The molecule has 0 bridgehead atoms. The average Bonchev–Trinajstić information content (AvgIpc) is 3.40. The molecule has 9 heteroatoms. The van der Waals surface area contributed by atoms with Gasteiger partial charge in [-0.1, -0.05) is 19.0 Å². The molecule has 1 aliphatic carbocycles. The quantitative estimate of drug-likeness (QED) is 0.587. The lowest BCUT2D eigenvalue weighted by Gasteiger charge is -2.18. The SMILES string of the molecule is CC(C)C(NC(=O)CCCOc1ccc(S(C)(=O)=O)cc1)c1nc(C2CC2)no1. The number of sulfone groups is 1. The van der Waals surface area contributed by atoms with Crippen LogP contribution in [0.3, 0.4) is 0 Å². The van der Waals surface area contributed by atoms with Gasteiger partial charge in [0.25, 0.3) is 0 Å². The van der Waals surface area contributed by atoms with E-state index in [4.69, 9.17) is 9.26 Å². The van der Waals surface area contributed by atoms with E-state index in [9.17, 15) is 13.2 Å². The van der Waals surface area contributed by atoms with Gasteiger partial charge in [0.15, 0.2) is 15.7 Å². The van der Waals surface area contributed by atoms with E-state index in [0.717, 1.165) is 24.9 Å². The van der Waals surface area contributed by atoms with E-state index in [1.165, 1.54) is 12.1 Å². The predicted molar refractivity (Wildman–Crippen MR) is 106 cm³/mol. The first kappa shape index (κ1) is 21.3. The maximum atomic E-state index is 12.3.